The molecule has 0 bridgehead atoms. The van der Waals surface area contributed by atoms with Crippen molar-refractivity contribution in [1.82, 2.24) is 9.97 Å². The van der Waals surface area contributed by atoms with Gasteiger partial charge in [-0.05, 0) is 37.3 Å². The number of rotatable bonds is 6. The minimum absolute atomic E-state index is 0.282. The Hall–Kier alpha value is -3.41. The molecule has 0 aliphatic heterocycles. The van der Waals surface area contributed by atoms with Crippen LogP contribution in [-0.4, -0.2) is 29.5 Å². The van der Waals surface area contributed by atoms with E-state index in [9.17, 15) is 4.79 Å². The molecule has 6 nitrogen and oxygen atoms in total. The SMILES string of the molecule is CCOc1ccccc1NC(=O)c1ccnc(N(C)c2ccccc2)n1. The molecule has 0 radical (unpaired) electrons. The second-order valence-electron chi connectivity index (χ2n) is 5.52. The van der Waals surface area contributed by atoms with E-state index in [1.807, 2.05) is 67.4 Å². The van der Waals surface area contributed by atoms with Crippen molar-refractivity contribution in [2.45, 2.75) is 6.92 Å². The normalized spacial score (nSPS) is 10.2. The molecule has 1 heterocycles. The number of hydrogen-bond acceptors (Lipinski definition) is 5. The third-order valence-corrected chi connectivity index (χ3v) is 3.75. The van der Waals surface area contributed by atoms with Crippen molar-refractivity contribution in [2.24, 2.45) is 0 Å². The topological polar surface area (TPSA) is 67.3 Å². The Morgan fingerprint density at radius 3 is 2.58 bits per heavy atom. The minimum atomic E-state index is -0.317. The van der Waals surface area contributed by atoms with Crippen LogP contribution in [0.25, 0.3) is 0 Å². The Balaban J connectivity index is 1.81. The third-order valence-electron chi connectivity index (χ3n) is 3.75. The summed E-state index contributed by atoms with van der Waals surface area (Å²) in [5, 5.41) is 2.84. The molecule has 1 N–H and O–H groups in total. The van der Waals surface area contributed by atoms with Gasteiger partial charge in [-0.25, -0.2) is 9.97 Å². The molecule has 1 aromatic heterocycles. The van der Waals surface area contributed by atoms with Gasteiger partial charge in [-0.2, -0.15) is 0 Å². The average molecular weight is 348 g/mol. The lowest BCUT2D eigenvalue weighted by Gasteiger charge is -2.17. The highest BCUT2D eigenvalue weighted by Gasteiger charge is 2.14. The number of para-hydroxylation sites is 3. The third kappa shape index (κ3) is 3.97. The van der Waals surface area contributed by atoms with Crippen LogP contribution in [-0.2, 0) is 0 Å². The summed E-state index contributed by atoms with van der Waals surface area (Å²) in [6.45, 7) is 2.42. The van der Waals surface area contributed by atoms with E-state index in [-0.39, 0.29) is 11.6 Å². The number of amides is 1. The molecule has 132 valence electrons. The summed E-state index contributed by atoms with van der Waals surface area (Å²) < 4.78 is 5.54. The van der Waals surface area contributed by atoms with Gasteiger partial charge in [-0.15, -0.1) is 0 Å². The highest BCUT2D eigenvalue weighted by atomic mass is 16.5. The lowest BCUT2D eigenvalue weighted by Crippen LogP contribution is -2.18. The second-order valence-corrected chi connectivity index (χ2v) is 5.52. The summed E-state index contributed by atoms with van der Waals surface area (Å²) in [5.41, 5.74) is 1.83. The van der Waals surface area contributed by atoms with Gasteiger partial charge in [-0.3, -0.25) is 4.79 Å². The van der Waals surface area contributed by atoms with Crippen LogP contribution in [0, 0.1) is 0 Å². The first-order chi connectivity index (χ1) is 12.7. The number of nitrogens with zero attached hydrogens (tertiary/aromatic N) is 3. The number of hydrogen-bond donors (Lipinski definition) is 1. The van der Waals surface area contributed by atoms with E-state index in [1.54, 1.807) is 18.3 Å². The molecular weight excluding hydrogens is 328 g/mol. The molecule has 6 heteroatoms. The Bertz CT molecular complexity index is 884. The molecule has 2 aromatic carbocycles. The van der Waals surface area contributed by atoms with Gasteiger partial charge >= 0.3 is 0 Å². The Labute approximate surface area is 152 Å². The summed E-state index contributed by atoms with van der Waals surface area (Å²) >= 11 is 0. The zero-order valence-corrected chi connectivity index (χ0v) is 14.7. The van der Waals surface area contributed by atoms with Gasteiger partial charge in [0.25, 0.3) is 5.91 Å². The molecule has 0 unspecified atom stereocenters. The molecule has 0 saturated carbocycles. The van der Waals surface area contributed by atoms with Gasteiger partial charge in [0.2, 0.25) is 5.95 Å². The van der Waals surface area contributed by atoms with E-state index in [2.05, 4.69) is 15.3 Å². The maximum absolute atomic E-state index is 12.6. The summed E-state index contributed by atoms with van der Waals surface area (Å²) in [6.07, 6.45) is 1.57. The van der Waals surface area contributed by atoms with Crippen LogP contribution in [0.3, 0.4) is 0 Å². The molecule has 0 atom stereocenters. The number of carbonyl (C=O) groups excluding carboxylic acids is 1. The molecule has 0 spiro atoms. The van der Waals surface area contributed by atoms with Crippen molar-refractivity contribution in [2.75, 3.05) is 23.9 Å². The molecule has 0 aliphatic carbocycles. The molecule has 1 amide bonds. The highest BCUT2D eigenvalue weighted by Crippen LogP contribution is 2.24. The molecule has 0 aliphatic rings. The Kier molecular flexibility index (Phi) is 5.43. The van der Waals surface area contributed by atoms with Gasteiger partial charge in [0, 0.05) is 18.9 Å². The van der Waals surface area contributed by atoms with E-state index in [0.29, 0.717) is 24.0 Å². The molecule has 0 fully saturated rings. The Morgan fingerprint density at radius 2 is 1.81 bits per heavy atom. The van der Waals surface area contributed by atoms with Crippen LogP contribution in [0.4, 0.5) is 17.3 Å². The lowest BCUT2D eigenvalue weighted by atomic mass is 10.2. The largest absolute Gasteiger partial charge is 0.492 e. The van der Waals surface area contributed by atoms with Crippen LogP contribution in [0.5, 0.6) is 5.75 Å². The number of anilines is 3. The van der Waals surface area contributed by atoms with E-state index in [1.165, 1.54) is 0 Å². The van der Waals surface area contributed by atoms with Gasteiger partial charge < -0.3 is 15.0 Å². The van der Waals surface area contributed by atoms with Gasteiger partial charge in [0.05, 0.1) is 12.3 Å². The van der Waals surface area contributed by atoms with Crippen LogP contribution >= 0.6 is 0 Å². The number of aromatic nitrogens is 2. The predicted molar refractivity (Wildman–Crippen MR) is 102 cm³/mol. The zero-order chi connectivity index (χ0) is 18.4. The van der Waals surface area contributed by atoms with E-state index in [4.69, 9.17) is 4.74 Å². The fourth-order valence-corrected chi connectivity index (χ4v) is 2.44. The first-order valence-electron chi connectivity index (χ1n) is 8.34. The van der Waals surface area contributed by atoms with E-state index < -0.39 is 0 Å². The number of nitrogens with one attached hydrogen (secondary N) is 1. The molecule has 3 aromatic rings. The van der Waals surface area contributed by atoms with Gasteiger partial charge in [-0.1, -0.05) is 30.3 Å². The lowest BCUT2D eigenvalue weighted by molar-refractivity contribution is 0.102. The van der Waals surface area contributed by atoms with Crippen LogP contribution in [0.2, 0.25) is 0 Å². The van der Waals surface area contributed by atoms with Crippen molar-refractivity contribution >= 4 is 23.2 Å². The van der Waals surface area contributed by atoms with Crippen LogP contribution in [0.15, 0.2) is 66.9 Å². The van der Waals surface area contributed by atoms with Gasteiger partial charge in [0.15, 0.2) is 0 Å². The summed E-state index contributed by atoms with van der Waals surface area (Å²) in [7, 11) is 1.86. The van der Waals surface area contributed by atoms with Gasteiger partial charge in [0.1, 0.15) is 11.4 Å². The van der Waals surface area contributed by atoms with Crippen molar-refractivity contribution in [3.8, 4) is 5.75 Å². The van der Waals surface area contributed by atoms with Crippen molar-refractivity contribution in [3.63, 3.8) is 0 Å². The maximum atomic E-state index is 12.6. The van der Waals surface area contributed by atoms with Crippen LogP contribution in [0.1, 0.15) is 17.4 Å². The highest BCUT2D eigenvalue weighted by molar-refractivity contribution is 6.03. The zero-order valence-electron chi connectivity index (χ0n) is 14.7. The fraction of sp³-hybridized carbons (Fsp3) is 0.150. The van der Waals surface area contributed by atoms with Crippen molar-refractivity contribution in [3.05, 3.63) is 72.6 Å². The first-order valence-corrected chi connectivity index (χ1v) is 8.34. The minimum Gasteiger partial charge on any atom is -0.492 e. The monoisotopic (exact) mass is 348 g/mol. The van der Waals surface area contributed by atoms with Crippen LogP contribution < -0.4 is 15.0 Å². The summed E-state index contributed by atoms with van der Waals surface area (Å²) in [5.74, 6) is 0.753. The second kappa shape index (κ2) is 8.11. The van der Waals surface area contributed by atoms with Crippen molar-refractivity contribution in [1.29, 1.82) is 0 Å². The predicted octanol–water partition coefficient (Wildman–Crippen LogP) is 3.90. The number of benzene rings is 2. The molecule has 0 saturated heterocycles. The summed E-state index contributed by atoms with van der Waals surface area (Å²) in [6, 6.07) is 18.6. The quantitative estimate of drug-likeness (QED) is 0.732. The number of ether oxygens (including phenoxy) is 1. The average Bonchev–Trinajstić information content (AvgIpc) is 2.70. The summed E-state index contributed by atoms with van der Waals surface area (Å²) in [4.78, 5) is 23.1. The molecular formula is C20H20N4O2. The maximum Gasteiger partial charge on any atom is 0.274 e. The van der Waals surface area contributed by atoms with E-state index >= 15 is 0 Å². The molecule has 3 rings (SSSR count). The Morgan fingerprint density at radius 1 is 1.08 bits per heavy atom. The first kappa shape index (κ1) is 17.4. The number of carbonyl (C=O) groups is 1. The van der Waals surface area contributed by atoms with Crippen molar-refractivity contribution < 1.29 is 9.53 Å². The van der Waals surface area contributed by atoms with E-state index in [0.717, 1.165) is 5.69 Å². The molecule has 26 heavy (non-hydrogen) atoms. The smallest absolute Gasteiger partial charge is 0.274 e. The standard InChI is InChI=1S/C20H20N4O2/c1-3-26-18-12-8-7-11-16(18)22-19(25)17-13-14-21-20(23-17)24(2)15-9-5-4-6-10-15/h4-14H,3H2,1-2H3,(H,22,25). The fourth-order valence-electron chi connectivity index (χ4n) is 2.44.